The second kappa shape index (κ2) is 9.19. The van der Waals surface area contributed by atoms with Gasteiger partial charge in [-0.25, -0.2) is 4.39 Å². The Bertz CT molecular complexity index is 766. The molecule has 1 aromatic carbocycles. The number of hydrogen-bond donors (Lipinski definition) is 1. The van der Waals surface area contributed by atoms with Gasteiger partial charge in [-0.3, -0.25) is 9.89 Å². The summed E-state index contributed by atoms with van der Waals surface area (Å²) in [7, 11) is 1.77. The highest BCUT2D eigenvalue weighted by atomic mass is 35.5. The molecular formula is C19H25ClFN5O. The number of benzene rings is 1. The molecule has 1 N–H and O–H groups in total. The molecular weight excluding hydrogens is 369 g/mol. The summed E-state index contributed by atoms with van der Waals surface area (Å²) in [4.78, 5) is 8.92. The van der Waals surface area contributed by atoms with Crippen LogP contribution in [0.4, 0.5) is 4.39 Å². The number of rotatable bonds is 5. The van der Waals surface area contributed by atoms with Gasteiger partial charge in [-0.2, -0.15) is 0 Å². The van der Waals surface area contributed by atoms with E-state index in [2.05, 4.69) is 25.3 Å². The van der Waals surface area contributed by atoms with Gasteiger partial charge in [-0.05, 0) is 25.5 Å². The predicted octanol–water partition coefficient (Wildman–Crippen LogP) is 2.71. The molecule has 0 unspecified atom stereocenters. The Balaban J connectivity index is 1.46. The summed E-state index contributed by atoms with van der Waals surface area (Å²) in [5.74, 6) is 1.40. The molecule has 0 radical (unpaired) electrons. The Morgan fingerprint density at radius 3 is 2.74 bits per heavy atom. The molecule has 0 spiro atoms. The molecule has 0 aliphatic carbocycles. The van der Waals surface area contributed by atoms with Gasteiger partial charge >= 0.3 is 0 Å². The van der Waals surface area contributed by atoms with Gasteiger partial charge in [0, 0.05) is 63.0 Å². The minimum Gasteiger partial charge on any atom is -0.361 e. The van der Waals surface area contributed by atoms with Crippen LogP contribution in [-0.2, 0) is 13.0 Å². The zero-order chi connectivity index (χ0) is 19.2. The van der Waals surface area contributed by atoms with E-state index in [1.165, 1.54) is 6.07 Å². The van der Waals surface area contributed by atoms with E-state index in [0.29, 0.717) is 23.6 Å². The maximum absolute atomic E-state index is 13.9. The second-order valence-electron chi connectivity index (χ2n) is 6.62. The van der Waals surface area contributed by atoms with Crippen LogP contribution in [0.15, 0.2) is 33.8 Å². The van der Waals surface area contributed by atoms with Gasteiger partial charge in [0.25, 0.3) is 0 Å². The molecule has 27 heavy (non-hydrogen) atoms. The van der Waals surface area contributed by atoms with Gasteiger partial charge in [-0.15, -0.1) is 0 Å². The van der Waals surface area contributed by atoms with E-state index in [-0.39, 0.29) is 5.82 Å². The fourth-order valence-electron chi connectivity index (χ4n) is 3.24. The first-order valence-electron chi connectivity index (χ1n) is 9.10. The Labute approximate surface area is 164 Å². The van der Waals surface area contributed by atoms with Crippen LogP contribution >= 0.6 is 11.6 Å². The predicted molar refractivity (Wildman–Crippen MR) is 105 cm³/mol. The lowest BCUT2D eigenvalue weighted by molar-refractivity contribution is 0.169. The number of nitrogens with zero attached hydrogens (tertiary/aromatic N) is 4. The van der Waals surface area contributed by atoms with Gasteiger partial charge < -0.3 is 14.7 Å². The molecule has 0 amide bonds. The Morgan fingerprint density at radius 1 is 1.33 bits per heavy atom. The van der Waals surface area contributed by atoms with Crippen LogP contribution in [0.3, 0.4) is 0 Å². The van der Waals surface area contributed by atoms with Crippen molar-refractivity contribution in [1.82, 2.24) is 20.3 Å². The molecule has 3 rings (SSSR count). The molecule has 0 saturated carbocycles. The van der Waals surface area contributed by atoms with E-state index < -0.39 is 0 Å². The molecule has 2 heterocycles. The Morgan fingerprint density at radius 2 is 2.11 bits per heavy atom. The summed E-state index contributed by atoms with van der Waals surface area (Å²) in [5.41, 5.74) is 1.50. The number of aliphatic imine (C=N–C) groups is 1. The highest BCUT2D eigenvalue weighted by molar-refractivity contribution is 6.31. The first kappa shape index (κ1) is 19.6. The quantitative estimate of drug-likeness (QED) is 0.625. The van der Waals surface area contributed by atoms with Gasteiger partial charge in [0.05, 0.1) is 5.69 Å². The van der Waals surface area contributed by atoms with Crippen molar-refractivity contribution in [3.8, 4) is 0 Å². The van der Waals surface area contributed by atoms with E-state index in [9.17, 15) is 4.39 Å². The third-order valence-electron chi connectivity index (χ3n) is 4.67. The number of piperazine rings is 1. The van der Waals surface area contributed by atoms with Gasteiger partial charge in [0.2, 0.25) is 0 Å². The fraction of sp³-hybridized carbons (Fsp3) is 0.474. The second-order valence-corrected chi connectivity index (χ2v) is 7.02. The summed E-state index contributed by atoms with van der Waals surface area (Å²) < 4.78 is 19.0. The minimum atomic E-state index is -0.268. The molecule has 8 heteroatoms. The summed E-state index contributed by atoms with van der Waals surface area (Å²) >= 11 is 6.09. The van der Waals surface area contributed by atoms with Crippen LogP contribution in [0.2, 0.25) is 5.02 Å². The molecule has 0 atom stereocenters. The van der Waals surface area contributed by atoms with E-state index in [4.69, 9.17) is 16.1 Å². The van der Waals surface area contributed by atoms with E-state index in [1.807, 2.05) is 13.0 Å². The third-order valence-corrected chi connectivity index (χ3v) is 5.02. The van der Waals surface area contributed by atoms with Crippen LogP contribution in [0.1, 0.15) is 17.0 Å². The molecule has 1 saturated heterocycles. The van der Waals surface area contributed by atoms with Crippen molar-refractivity contribution >= 4 is 17.6 Å². The van der Waals surface area contributed by atoms with Crippen molar-refractivity contribution in [3.05, 3.63) is 52.1 Å². The average Bonchev–Trinajstić information content (AvgIpc) is 3.06. The summed E-state index contributed by atoms with van der Waals surface area (Å²) in [6.07, 6.45) is 0.510. The first-order chi connectivity index (χ1) is 13.1. The van der Waals surface area contributed by atoms with Crippen molar-refractivity contribution in [3.63, 3.8) is 0 Å². The maximum Gasteiger partial charge on any atom is 0.193 e. The van der Waals surface area contributed by atoms with Gasteiger partial charge in [0.1, 0.15) is 11.6 Å². The molecule has 2 aromatic rings. The molecule has 1 aliphatic rings. The van der Waals surface area contributed by atoms with Crippen molar-refractivity contribution in [1.29, 1.82) is 0 Å². The van der Waals surface area contributed by atoms with Crippen molar-refractivity contribution in [2.75, 3.05) is 39.8 Å². The molecule has 1 aliphatic heterocycles. The minimum absolute atomic E-state index is 0.268. The highest BCUT2D eigenvalue weighted by Gasteiger charge is 2.20. The zero-order valence-corrected chi connectivity index (χ0v) is 16.5. The molecule has 146 valence electrons. The van der Waals surface area contributed by atoms with Gasteiger partial charge in [0.15, 0.2) is 5.96 Å². The fourth-order valence-corrected chi connectivity index (χ4v) is 3.50. The van der Waals surface area contributed by atoms with E-state index in [0.717, 1.165) is 50.1 Å². The summed E-state index contributed by atoms with van der Waals surface area (Å²) in [6, 6.07) is 6.74. The van der Waals surface area contributed by atoms with Crippen molar-refractivity contribution < 1.29 is 8.91 Å². The van der Waals surface area contributed by atoms with E-state index >= 15 is 0 Å². The monoisotopic (exact) mass is 393 g/mol. The van der Waals surface area contributed by atoms with E-state index in [1.54, 1.807) is 19.2 Å². The van der Waals surface area contributed by atoms with Crippen LogP contribution in [0, 0.1) is 12.7 Å². The van der Waals surface area contributed by atoms with Crippen LogP contribution < -0.4 is 5.32 Å². The molecule has 6 nitrogen and oxygen atoms in total. The zero-order valence-electron chi connectivity index (χ0n) is 15.7. The normalized spacial score (nSPS) is 16.0. The van der Waals surface area contributed by atoms with Crippen LogP contribution in [0.5, 0.6) is 0 Å². The lowest BCUT2D eigenvalue weighted by Gasteiger charge is -2.36. The number of halogens is 2. The molecule has 1 aromatic heterocycles. The maximum atomic E-state index is 13.9. The molecule has 0 bridgehead atoms. The highest BCUT2D eigenvalue weighted by Crippen LogP contribution is 2.19. The number of aromatic nitrogens is 1. The average molecular weight is 394 g/mol. The Kier molecular flexibility index (Phi) is 6.68. The molecule has 1 fully saturated rings. The van der Waals surface area contributed by atoms with Crippen molar-refractivity contribution in [2.24, 2.45) is 4.99 Å². The Hall–Kier alpha value is -2.12. The smallest absolute Gasteiger partial charge is 0.193 e. The first-order valence-corrected chi connectivity index (χ1v) is 9.47. The lowest BCUT2D eigenvalue weighted by Crippen LogP contribution is -2.52. The largest absolute Gasteiger partial charge is 0.361 e. The van der Waals surface area contributed by atoms with Gasteiger partial charge in [-0.1, -0.05) is 22.8 Å². The lowest BCUT2D eigenvalue weighted by atomic mass is 10.1. The number of aryl methyl sites for hydroxylation is 1. The van der Waals surface area contributed by atoms with Crippen LogP contribution in [0.25, 0.3) is 0 Å². The van der Waals surface area contributed by atoms with Crippen molar-refractivity contribution in [2.45, 2.75) is 19.9 Å². The number of nitrogens with one attached hydrogen (secondary N) is 1. The SMILES string of the molecule is CN=C(NCCc1c(F)cccc1Cl)N1CCN(Cc2cc(C)on2)CC1. The topological polar surface area (TPSA) is 56.9 Å². The third kappa shape index (κ3) is 5.20. The standard InChI is InChI=1S/C19H25ClFN5O/c1-14-12-15(24-27-14)13-25-8-10-26(11-9-25)19(22-2)23-7-6-16-17(20)4-3-5-18(16)21/h3-5,12H,6-11,13H2,1-2H3,(H,22,23). The number of guanidine groups is 1. The van der Waals surface area contributed by atoms with Crippen LogP contribution in [-0.4, -0.2) is 60.7 Å². The summed E-state index contributed by atoms with van der Waals surface area (Å²) in [6.45, 7) is 6.86. The number of hydrogen-bond acceptors (Lipinski definition) is 4. The summed E-state index contributed by atoms with van der Waals surface area (Å²) in [5, 5.41) is 7.83.